The molecule has 0 aromatic heterocycles. The van der Waals surface area contributed by atoms with Crippen LogP contribution in [0.5, 0.6) is 0 Å². The van der Waals surface area contributed by atoms with Gasteiger partial charge in [0.25, 0.3) is 0 Å². The van der Waals surface area contributed by atoms with E-state index in [0.29, 0.717) is 6.04 Å². The van der Waals surface area contributed by atoms with Crippen molar-refractivity contribution in [2.75, 3.05) is 20.2 Å². The second-order valence-electron chi connectivity index (χ2n) is 4.94. The molecule has 0 aromatic rings. The monoisotopic (exact) mass is 212 g/mol. The van der Waals surface area contributed by atoms with Crippen molar-refractivity contribution in [3.8, 4) is 0 Å². The quantitative estimate of drug-likeness (QED) is 0.478. The molecule has 4 heteroatoms. The van der Waals surface area contributed by atoms with E-state index in [9.17, 15) is 4.79 Å². The first-order valence-corrected chi connectivity index (χ1v) is 5.90. The molecule has 15 heavy (non-hydrogen) atoms. The van der Waals surface area contributed by atoms with Crippen LogP contribution in [0.15, 0.2) is 0 Å². The molecule has 4 nitrogen and oxygen atoms in total. The fourth-order valence-electron chi connectivity index (χ4n) is 3.67. The summed E-state index contributed by atoms with van der Waals surface area (Å²) >= 11 is 0. The Morgan fingerprint density at radius 1 is 1.33 bits per heavy atom. The van der Waals surface area contributed by atoms with Crippen LogP contribution < -0.4 is 0 Å². The van der Waals surface area contributed by atoms with E-state index < -0.39 is 0 Å². The predicted molar refractivity (Wildman–Crippen MR) is 52.6 cm³/mol. The molecular weight excluding hydrogens is 194 g/mol. The highest BCUT2D eigenvalue weighted by Gasteiger charge is 2.64. The third kappa shape index (κ3) is 1.18. The summed E-state index contributed by atoms with van der Waals surface area (Å²) in [5.41, 5.74) is 0. The second kappa shape index (κ2) is 3.19. The van der Waals surface area contributed by atoms with E-state index in [1.165, 1.54) is 20.0 Å². The molecule has 3 aliphatic heterocycles. The number of hydrogen-bond acceptors (Lipinski definition) is 3. The fraction of sp³-hybridized carbons (Fsp3) is 0.909. The molecule has 3 rings (SSSR count). The van der Waals surface area contributed by atoms with Gasteiger partial charge in [-0.15, -0.1) is 0 Å². The van der Waals surface area contributed by atoms with E-state index in [-0.39, 0.29) is 18.0 Å². The van der Waals surface area contributed by atoms with Gasteiger partial charge >= 0.3 is 5.97 Å². The smallest absolute Gasteiger partial charge is 0.317 e. The molecule has 3 aliphatic rings. The van der Waals surface area contributed by atoms with Gasteiger partial charge < -0.3 is 4.74 Å². The summed E-state index contributed by atoms with van der Waals surface area (Å²) in [7, 11) is 1.48. The van der Waals surface area contributed by atoms with E-state index in [1.54, 1.807) is 0 Å². The lowest BCUT2D eigenvalue weighted by molar-refractivity contribution is -1.10. The summed E-state index contributed by atoms with van der Waals surface area (Å²) < 4.78 is 5.66. The number of hydroxylamine groups is 3. The highest BCUT2D eigenvalue weighted by molar-refractivity contribution is 5.74. The zero-order valence-electron chi connectivity index (χ0n) is 9.15. The number of carbonyl (C=O) groups is 1. The van der Waals surface area contributed by atoms with Gasteiger partial charge in [0.05, 0.1) is 7.11 Å². The topological polar surface area (TPSA) is 35.5 Å². The molecule has 0 radical (unpaired) electrons. The molecule has 3 heterocycles. The van der Waals surface area contributed by atoms with Crippen LogP contribution >= 0.6 is 0 Å². The minimum Gasteiger partial charge on any atom is -0.469 e. The van der Waals surface area contributed by atoms with Crippen LogP contribution in [0.2, 0.25) is 0 Å². The van der Waals surface area contributed by atoms with Gasteiger partial charge in [-0.2, -0.15) is 9.48 Å². The fourth-order valence-corrected chi connectivity index (χ4v) is 3.67. The number of esters is 1. The number of hydrogen-bond donors (Lipinski definition) is 0. The number of rotatable bonds is 1. The SMILES string of the molecule is COC(=O)C1C2CC[N+]3(CCCCC13)O2. The van der Waals surface area contributed by atoms with Gasteiger partial charge in [-0.3, -0.25) is 4.79 Å². The number of carbonyl (C=O) groups excluding carboxylic acids is 1. The highest BCUT2D eigenvalue weighted by atomic mass is 16.7. The Hall–Kier alpha value is -0.610. The Morgan fingerprint density at radius 2 is 2.20 bits per heavy atom. The maximum absolute atomic E-state index is 11.7. The van der Waals surface area contributed by atoms with Crippen molar-refractivity contribution in [1.82, 2.24) is 0 Å². The van der Waals surface area contributed by atoms with Crippen LogP contribution in [0.25, 0.3) is 0 Å². The van der Waals surface area contributed by atoms with Crippen molar-refractivity contribution in [2.45, 2.75) is 37.8 Å². The summed E-state index contributed by atoms with van der Waals surface area (Å²) in [6.45, 7) is 2.19. The van der Waals surface area contributed by atoms with Crippen LogP contribution in [0, 0.1) is 5.92 Å². The van der Waals surface area contributed by atoms with Crippen molar-refractivity contribution in [3.05, 3.63) is 0 Å². The molecule has 1 spiro atoms. The Balaban J connectivity index is 1.89. The lowest BCUT2D eigenvalue weighted by Gasteiger charge is -2.39. The molecule has 84 valence electrons. The Morgan fingerprint density at radius 3 is 3.00 bits per heavy atom. The number of nitrogens with zero attached hydrogens (tertiary/aromatic N) is 1. The van der Waals surface area contributed by atoms with Crippen LogP contribution in [0.3, 0.4) is 0 Å². The van der Waals surface area contributed by atoms with Gasteiger partial charge in [0.15, 0.2) is 0 Å². The summed E-state index contributed by atoms with van der Waals surface area (Å²) in [6, 6.07) is 0.380. The van der Waals surface area contributed by atoms with Gasteiger partial charge in [-0.1, -0.05) is 0 Å². The van der Waals surface area contributed by atoms with Crippen molar-refractivity contribution in [1.29, 1.82) is 0 Å². The number of fused-ring (bicyclic) bond motifs is 1. The predicted octanol–water partition coefficient (Wildman–Crippen LogP) is 0.862. The van der Waals surface area contributed by atoms with Gasteiger partial charge in [-0.25, -0.2) is 0 Å². The molecule has 4 unspecified atom stereocenters. The lowest BCUT2D eigenvalue weighted by atomic mass is 9.83. The van der Waals surface area contributed by atoms with Crippen molar-refractivity contribution < 1.29 is 19.0 Å². The Labute approximate surface area is 89.7 Å². The first-order valence-electron chi connectivity index (χ1n) is 5.90. The van der Waals surface area contributed by atoms with Gasteiger partial charge in [-0.05, 0) is 12.8 Å². The number of piperidine rings is 2. The van der Waals surface area contributed by atoms with E-state index in [2.05, 4.69) is 0 Å². The van der Waals surface area contributed by atoms with Crippen LogP contribution in [-0.2, 0) is 14.4 Å². The van der Waals surface area contributed by atoms with Crippen LogP contribution in [-0.4, -0.2) is 43.0 Å². The molecule has 2 bridgehead atoms. The van der Waals surface area contributed by atoms with Crippen molar-refractivity contribution >= 4 is 5.97 Å². The molecule has 4 atom stereocenters. The van der Waals surface area contributed by atoms with E-state index in [1.807, 2.05) is 0 Å². The molecule has 0 N–H and O–H groups in total. The zero-order valence-corrected chi connectivity index (χ0v) is 9.15. The van der Waals surface area contributed by atoms with E-state index in [4.69, 9.17) is 9.57 Å². The van der Waals surface area contributed by atoms with Gasteiger partial charge in [0, 0.05) is 12.8 Å². The largest absolute Gasteiger partial charge is 0.469 e. The second-order valence-corrected chi connectivity index (χ2v) is 4.94. The van der Waals surface area contributed by atoms with Gasteiger partial charge in [0.1, 0.15) is 31.2 Å². The molecule has 3 fully saturated rings. The third-order valence-corrected chi connectivity index (χ3v) is 4.32. The summed E-state index contributed by atoms with van der Waals surface area (Å²) in [5.74, 6) is -0.0596. The maximum atomic E-state index is 11.7. The third-order valence-electron chi connectivity index (χ3n) is 4.32. The van der Waals surface area contributed by atoms with Crippen LogP contribution in [0.4, 0.5) is 0 Å². The minimum absolute atomic E-state index is 0.00375. The molecule has 0 saturated carbocycles. The minimum atomic E-state index is -0.0633. The molecular formula is C11H18NO3+. The van der Waals surface area contributed by atoms with Gasteiger partial charge in [0.2, 0.25) is 0 Å². The normalized spacial score (nSPS) is 47.7. The van der Waals surface area contributed by atoms with Crippen molar-refractivity contribution in [2.24, 2.45) is 5.92 Å². The molecule has 0 aromatic carbocycles. The number of methoxy groups -OCH3 is 1. The Kier molecular flexibility index (Phi) is 2.04. The highest BCUT2D eigenvalue weighted by Crippen LogP contribution is 2.47. The number of quaternary nitrogens is 1. The average molecular weight is 212 g/mol. The summed E-state index contributed by atoms with van der Waals surface area (Å²) in [4.78, 5) is 17.8. The first kappa shape index (κ1) is 9.60. The maximum Gasteiger partial charge on any atom is 0.317 e. The molecule has 0 aliphatic carbocycles. The molecule has 3 saturated heterocycles. The Bertz CT molecular complexity index is 294. The average Bonchev–Trinajstić information content (AvgIpc) is 2.81. The van der Waals surface area contributed by atoms with Crippen molar-refractivity contribution in [3.63, 3.8) is 0 Å². The van der Waals surface area contributed by atoms with Crippen LogP contribution in [0.1, 0.15) is 25.7 Å². The summed E-state index contributed by atoms with van der Waals surface area (Å²) in [6.07, 6.45) is 4.73. The zero-order chi connectivity index (χ0) is 10.5. The standard InChI is InChI=1S/C11H18NO3/c1-14-11(13)10-8-4-2-3-6-12(8)7-5-9(10)15-12/h8-10H,2-7H2,1H3/q+1. The number of ether oxygens (including phenoxy) is 1. The summed E-state index contributed by atoms with van der Waals surface area (Å²) in [5, 5.41) is 0. The van der Waals surface area contributed by atoms with E-state index >= 15 is 0 Å². The van der Waals surface area contributed by atoms with E-state index in [0.717, 1.165) is 30.6 Å². The molecule has 0 amide bonds. The lowest BCUT2D eigenvalue weighted by Crippen LogP contribution is -2.56. The first-order chi connectivity index (χ1) is 7.27.